The lowest BCUT2D eigenvalue weighted by Crippen LogP contribution is -2.44. The molecular formula is C16H23N5O2S. The molecule has 1 aliphatic heterocycles. The molecule has 1 aliphatic rings. The molecule has 8 heteroatoms. The fraction of sp³-hybridized carbons (Fsp3) is 0.500. The van der Waals surface area contributed by atoms with Crippen LogP contribution in [0.3, 0.4) is 0 Å². The molecule has 0 radical (unpaired) electrons. The van der Waals surface area contributed by atoms with Crippen LogP contribution in [0.4, 0.5) is 0 Å². The van der Waals surface area contributed by atoms with E-state index in [2.05, 4.69) is 4.98 Å². The summed E-state index contributed by atoms with van der Waals surface area (Å²) >= 11 is 0. The number of nitrogens with zero attached hydrogens (tertiary/aromatic N) is 5. The van der Waals surface area contributed by atoms with E-state index in [0.29, 0.717) is 13.1 Å². The first-order valence-electron chi connectivity index (χ1n) is 8.04. The van der Waals surface area contributed by atoms with Gasteiger partial charge >= 0.3 is 0 Å². The van der Waals surface area contributed by atoms with Crippen LogP contribution in [0.15, 0.2) is 30.6 Å². The van der Waals surface area contributed by atoms with E-state index in [1.807, 2.05) is 35.9 Å². The molecule has 0 atom stereocenters. The second kappa shape index (κ2) is 6.62. The maximum atomic E-state index is 12.2. The standard InChI is InChI=1S/C16H23N5O2S/c1-13-17-9-12-21(13)16-6-4-5-15(18-16)14-7-10-20(11-8-14)24(22,23)19(2)3/h4-6,9,12,14H,7-8,10-11H2,1-3H3. The molecule has 0 aromatic carbocycles. The summed E-state index contributed by atoms with van der Waals surface area (Å²) in [6.45, 7) is 3.00. The molecule has 130 valence electrons. The first-order valence-corrected chi connectivity index (χ1v) is 9.44. The number of pyridine rings is 1. The van der Waals surface area contributed by atoms with Crippen LogP contribution in [0.2, 0.25) is 0 Å². The zero-order valence-electron chi connectivity index (χ0n) is 14.3. The van der Waals surface area contributed by atoms with Gasteiger partial charge in [-0.1, -0.05) is 6.07 Å². The fourth-order valence-electron chi connectivity index (χ4n) is 3.03. The number of imidazole rings is 1. The smallest absolute Gasteiger partial charge is 0.281 e. The lowest BCUT2D eigenvalue weighted by Gasteiger charge is -2.32. The average Bonchev–Trinajstić information content (AvgIpc) is 3.01. The van der Waals surface area contributed by atoms with Gasteiger partial charge in [-0.15, -0.1) is 0 Å². The number of piperidine rings is 1. The molecule has 0 bridgehead atoms. The molecule has 7 nitrogen and oxygen atoms in total. The van der Waals surface area contributed by atoms with Crippen molar-refractivity contribution in [2.45, 2.75) is 25.7 Å². The summed E-state index contributed by atoms with van der Waals surface area (Å²) in [4.78, 5) is 9.00. The van der Waals surface area contributed by atoms with Crippen LogP contribution in [0.5, 0.6) is 0 Å². The van der Waals surface area contributed by atoms with Crippen LogP contribution in [0.25, 0.3) is 5.82 Å². The molecule has 3 rings (SSSR count). The highest BCUT2D eigenvalue weighted by atomic mass is 32.2. The van der Waals surface area contributed by atoms with Crippen LogP contribution in [0.1, 0.15) is 30.3 Å². The summed E-state index contributed by atoms with van der Waals surface area (Å²) in [5.74, 6) is 2.03. The summed E-state index contributed by atoms with van der Waals surface area (Å²) in [6, 6.07) is 5.99. The molecule has 0 amide bonds. The molecule has 1 fully saturated rings. The van der Waals surface area contributed by atoms with Crippen LogP contribution in [-0.2, 0) is 10.2 Å². The van der Waals surface area contributed by atoms with Gasteiger partial charge in [0.15, 0.2) is 0 Å². The van der Waals surface area contributed by atoms with E-state index in [0.717, 1.165) is 30.2 Å². The van der Waals surface area contributed by atoms with Crippen molar-refractivity contribution >= 4 is 10.2 Å². The van der Waals surface area contributed by atoms with Gasteiger partial charge in [0.05, 0.1) is 0 Å². The normalized spacial score (nSPS) is 17.5. The highest BCUT2D eigenvalue weighted by Crippen LogP contribution is 2.28. The Kier molecular flexibility index (Phi) is 4.71. The number of hydrogen-bond donors (Lipinski definition) is 0. The Bertz CT molecular complexity index is 807. The van der Waals surface area contributed by atoms with Gasteiger partial charge in [-0.2, -0.15) is 17.0 Å². The zero-order valence-corrected chi connectivity index (χ0v) is 15.1. The van der Waals surface area contributed by atoms with Gasteiger partial charge < -0.3 is 0 Å². The zero-order chi connectivity index (χ0) is 17.3. The predicted molar refractivity (Wildman–Crippen MR) is 92.3 cm³/mol. The Morgan fingerprint density at radius 3 is 2.50 bits per heavy atom. The number of aromatic nitrogens is 3. The van der Waals surface area contributed by atoms with Crippen molar-refractivity contribution in [3.63, 3.8) is 0 Å². The van der Waals surface area contributed by atoms with Gasteiger partial charge in [-0.3, -0.25) is 4.57 Å². The van der Waals surface area contributed by atoms with Gasteiger partial charge in [0, 0.05) is 51.2 Å². The molecule has 0 N–H and O–H groups in total. The fourth-order valence-corrected chi connectivity index (χ4v) is 4.17. The van der Waals surface area contributed by atoms with Crippen molar-refractivity contribution in [3.05, 3.63) is 42.1 Å². The molecule has 0 unspecified atom stereocenters. The van der Waals surface area contributed by atoms with Crippen LogP contribution in [-0.4, -0.2) is 58.7 Å². The van der Waals surface area contributed by atoms with E-state index in [-0.39, 0.29) is 5.92 Å². The van der Waals surface area contributed by atoms with Gasteiger partial charge in [-0.05, 0) is 31.9 Å². The van der Waals surface area contributed by atoms with Gasteiger partial charge in [0.25, 0.3) is 10.2 Å². The topological polar surface area (TPSA) is 71.3 Å². The van der Waals surface area contributed by atoms with Crippen molar-refractivity contribution in [3.8, 4) is 5.82 Å². The molecule has 0 aliphatic carbocycles. The second-order valence-corrected chi connectivity index (χ2v) is 8.37. The monoisotopic (exact) mass is 349 g/mol. The highest BCUT2D eigenvalue weighted by molar-refractivity contribution is 7.86. The van der Waals surface area contributed by atoms with E-state index in [1.54, 1.807) is 24.6 Å². The second-order valence-electron chi connectivity index (χ2n) is 6.23. The van der Waals surface area contributed by atoms with Crippen molar-refractivity contribution in [1.29, 1.82) is 0 Å². The Morgan fingerprint density at radius 1 is 1.21 bits per heavy atom. The molecule has 2 aromatic rings. The minimum Gasteiger partial charge on any atom is -0.288 e. The minimum atomic E-state index is -3.32. The summed E-state index contributed by atoms with van der Waals surface area (Å²) in [6.07, 6.45) is 5.22. The summed E-state index contributed by atoms with van der Waals surface area (Å²) in [5, 5.41) is 0. The maximum absolute atomic E-state index is 12.2. The number of aryl methyl sites for hydroxylation is 1. The lowest BCUT2D eigenvalue weighted by molar-refractivity contribution is 0.300. The van der Waals surface area contributed by atoms with Crippen molar-refractivity contribution in [2.75, 3.05) is 27.2 Å². The largest absolute Gasteiger partial charge is 0.288 e. The lowest BCUT2D eigenvalue weighted by atomic mass is 9.94. The van der Waals surface area contributed by atoms with Crippen LogP contribution < -0.4 is 0 Å². The third-order valence-corrected chi connectivity index (χ3v) is 6.43. The van der Waals surface area contributed by atoms with Gasteiger partial charge in [0.2, 0.25) is 0 Å². The van der Waals surface area contributed by atoms with E-state index < -0.39 is 10.2 Å². The van der Waals surface area contributed by atoms with Crippen LogP contribution in [0, 0.1) is 6.92 Å². The summed E-state index contributed by atoms with van der Waals surface area (Å²) in [5.41, 5.74) is 1.02. The van der Waals surface area contributed by atoms with E-state index in [1.165, 1.54) is 4.31 Å². The Hall–Kier alpha value is -1.77. The van der Waals surface area contributed by atoms with Crippen molar-refractivity contribution in [2.24, 2.45) is 0 Å². The van der Waals surface area contributed by atoms with E-state index in [4.69, 9.17) is 4.98 Å². The molecule has 1 saturated heterocycles. The predicted octanol–water partition coefficient (Wildman–Crippen LogP) is 1.56. The van der Waals surface area contributed by atoms with E-state index in [9.17, 15) is 8.42 Å². The third-order valence-electron chi connectivity index (χ3n) is 4.49. The maximum Gasteiger partial charge on any atom is 0.281 e. The molecule has 0 saturated carbocycles. The van der Waals surface area contributed by atoms with E-state index >= 15 is 0 Å². The molecular weight excluding hydrogens is 326 g/mol. The minimum absolute atomic E-state index is 0.280. The molecule has 3 heterocycles. The number of hydrogen-bond acceptors (Lipinski definition) is 4. The van der Waals surface area contributed by atoms with Crippen molar-refractivity contribution in [1.82, 2.24) is 23.1 Å². The SMILES string of the molecule is Cc1nccn1-c1cccc(C2CCN(S(=O)(=O)N(C)C)CC2)n1. The highest BCUT2D eigenvalue weighted by Gasteiger charge is 2.30. The first kappa shape index (κ1) is 17.1. The molecule has 2 aromatic heterocycles. The quantitative estimate of drug-likeness (QED) is 0.840. The summed E-state index contributed by atoms with van der Waals surface area (Å²) in [7, 11) is -0.182. The number of rotatable bonds is 4. The van der Waals surface area contributed by atoms with Crippen LogP contribution >= 0.6 is 0 Å². The molecule has 0 spiro atoms. The first-order chi connectivity index (χ1) is 11.4. The molecule has 24 heavy (non-hydrogen) atoms. The van der Waals surface area contributed by atoms with Gasteiger partial charge in [0.1, 0.15) is 11.6 Å². The summed E-state index contributed by atoms with van der Waals surface area (Å²) < 4.78 is 29.2. The van der Waals surface area contributed by atoms with Crippen molar-refractivity contribution < 1.29 is 8.42 Å². The Morgan fingerprint density at radius 2 is 1.92 bits per heavy atom. The average molecular weight is 349 g/mol. The Balaban J connectivity index is 1.75. The van der Waals surface area contributed by atoms with Gasteiger partial charge in [-0.25, -0.2) is 9.97 Å². The third kappa shape index (κ3) is 3.22. The Labute approximate surface area is 143 Å².